The van der Waals surface area contributed by atoms with Gasteiger partial charge in [-0.1, -0.05) is 18.2 Å². The van der Waals surface area contributed by atoms with Crippen molar-refractivity contribution in [1.82, 2.24) is 5.32 Å². The summed E-state index contributed by atoms with van der Waals surface area (Å²) in [5.41, 5.74) is -0.0805. The first-order valence-electron chi connectivity index (χ1n) is 5.74. The molecule has 1 aromatic rings. The van der Waals surface area contributed by atoms with Crippen LogP contribution >= 0.6 is 0 Å². The highest BCUT2D eigenvalue weighted by molar-refractivity contribution is 5.21. The number of benzene rings is 1. The van der Waals surface area contributed by atoms with E-state index in [4.69, 9.17) is 0 Å². The molecule has 0 amide bonds. The second kappa shape index (κ2) is 6.61. The van der Waals surface area contributed by atoms with E-state index in [9.17, 15) is 30.7 Å². The van der Waals surface area contributed by atoms with E-state index in [1.807, 2.05) is 0 Å². The van der Waals surface area contributed by atoms with Crippen molar-refractivity contribution in [1.29, 1.82) is 0 Å². The van der Waals surface area contributed by atoms with Gasteiger partial charge in [-0.3, -0.25) is 0 Å². The van der Waals surface area contributed by atoms with Crippen LogP contribution in [0.15, 0.2) is 24.3 Å². The molecule has 0 bridgehead atoms. The summed E-state index contributed by atoms with van der Waals surface area (Å²) >= 11 is 0. The molecule has 0 heterocycles. The maximum atomic E-state index is 13.5. The quantitative estimate of drug-likeness (QED) is 0.838. The van der Waals surface area contributed by atoms with Crippen LogP contribution < -0.4 is 5.32 Å². The summed E-state index contributed by atoms with van der Waals surface area (Å²) in [7, 11) is 1.27. The molecule has 0 aliphatic carbocycles. The fourth-order valence-corrected chi connectivity index (χ4v) is 1.65. The fraction of sp³-hybridized carbons (Fsp3) is 0.500. The number of rotatable bonds is 5. The molecule has 0 radical (unpaired) electrons. The number of nitrogens with one attached hydrogen (secondary N) is 1. The molecule has 0 aliphatic heterocycles. The lowest BCUT2D eigenvalue weighted by Crippen LogP contribution is -2.45. The minimum Gasteiger partial charge on any atom is -0.359 e. The van der Waals surface area contributed by atoms with Crippen molar-refractivity contribution in [3.8, 4) is 0 Å². The van der Waals surface area contributed by atoms with E-state index in [0.29, 0.717) is 0 Å². The molecule has 9 heteroatoms. The Bertz CT molecular complexity index is 444. The molecule has 0 spiro atoms. The van der Waals surface area contributed by atoms with Gasteiger partial charge in [0, 0.05) is 5.56 Å². The van der Waals surface area contributed by atoms with Crippen LogP contribution in [0, 0.1) is 5.82 Å². The maximum absolute atomic E-state index is 13.5. The van der Waals surface area contributed by atoms with Gasteiger partial charge in [-0.05, 0) is 13.1 Å². The third-order valence-electron chi connectivity index (χ3n) is 2.65. The van der Waals surface area contributed by atoms with E-state index < -0.39 is 36.9 Å². The smallest absolute Gasteiger partial charge is 0.359 e. The molecule has 1 aromatic carbocycles. The van der Waals surface area contributed by atoms with Gasteiger partial charge in [0.05, 0.1) is 12.6 Å². The highest BCUT2D eigenvalue weighted by atomic mass is 19.4. The van der Waals surface area contributed by atoms with Crippen molar-refractivity contribution in [2.24, 2.45) is 0 Å². The molecule has 1 unspecified atom stereocenters. The molecule has 1 rings (SSSR count). The fourth-order valence-electron chi connectivity index (χ4n) is 1.65. The summed E-state index contributed by atoms with van der Waals surface area (Å²) in [4.78, 5) is 0. The van der Waals surface area contributed by atoms with Crippen LogP contribution in [0.3, 0.4) is 0 Å². The van der Waals surface area contributed by atoms with Gasteiger partial charge in [-0.25, -0.2) is 4.39 Å². The number of halogens is 7. The SMILES string of the molecule is CNC(COC(C(F)(F)F)C(F)(F)F)c1ccccc1F. The Hall–Kier alpha value is -1.35. The normalized spacial score (nSPS) is 14.5. The van der Waals surface area contributed by atoms with Crippen LogP contribution in [0.4, 0.5) is 30.7 Å². The minimum absolute atomic E-state index is 0.0805. The maximum Gasteiger partial charge on any atom is 0.423 e. The standard InChI is InChI=1S/C12H12F7NO/c1-20-9(7-4-2-3-5-8(7)13)6-21-10(11(14,15)16)12(17,18)19/h2-5,9-10,20H,6H2,1H3. The Kier molecular flexibility index (Phi) is 5.57. The number of likely N-dealkylation sites (N-methyl/N-ethyl adjacent to an activating group) is 1. The highest BCUT2D eigenvalue weighted by Gasteiger charge is 2.58. The third-order valence-corrected chi connectivity index (χ3v) is 2.65. The lowest BCUT2D eigenvalue weighted by atomic mass is 10.1. The number of hydrogen-bond donors (Lipinski definition) is 1. The number of hydrogen-bond acceptors (Lipinski definition) is 2. The lowest BCUT2D eigenvalue weighted by Gasteiger charge is -2.26. The molecular formula is C12H12F7NO. The van der Waals surface area contributed by atoms with Crippen LogP contribution in [0.5, 0.6) is 0 Å². The molecule has 0 aliphatic rings. The molecule has 2 nitrogen and oxygen atoms in total. The molecule has 0 fully saturated rings. The predicted molar refractivity (Wildman–Crippen MR) is 60.1 cm³/mol. The monoisotopic (exact) mass is 319 g/mol. The van der Waals surface area contributed by atoms with Crippen molar-refractivity contribution in [2.75, 3.05) is 13.7 Å². The molecule has 1 atom stereocenters. The highest BCUT2D eigenvalue weighted by Crippen LogP contribution is 2.36. The molecule has 0 saturated heterocycles. The largest absolute Gasteiger partial charge is 0.423 e. The zero-order valence-corrected chi connectivity index (χ0v) is 10.7. The molecule has 0 saturated carbocycles. The van der Waals surface area contributed by atoms with Gasteiger partial charge in [0.25, 0.3) is 0 Å². The molecule has 120 valence electrons. The van der Waals surface area contributed by atoms with E-state index in [-0.39, 0.29) is 5.56 Å². The Labute approximate surface area is 115 Å². The van der Waals surface area contributed by atoms with Crippen molar-refractivity contribution >= 4 is 0 Å². The van der Waals surface area contributed by atoms with Crippen LogP contribution in [0.25, 0.3) is 0 Å². The summed E-state index contributed by atoms with van der Waals surface area (Å²) in [6.07, 6.45) is -15.1. The van der Waals surface area contributed by atoms with Gasteiger partial charge < -0.3 is 10.1 Å². The lowest BCUT2D eigenvalue weighted by molar-refractivity contribution is -0.322. The van der Waals surface area contributed by atoms with Crippen molar-refractivity contribution in [3.63, 3.8) is 0 Å². The summed E-state index contributed by atoms with van der Waals surface area (Å²) < 4.78 is 91.3. The average molecular weight is 319 g/mol. The first kappa shape index (κ1) is 17.7. The molecule has 1 N–H and O–H groups in total. The van der Waals surface area contributed by atoms with Crippen molar-refractivity contribution < 1.29 is 35.5 Å². The van der Waals surface area contributed by atoms with Gasteiger partial charge >= 0.3 is 12.4 Å². The van der Waals surface area contributed by atoms with Crippen LogP contribution in [-0.2, 0) is 4.74 Å². The predicted octanol–water partition coefficient (Wildman–Crippen LogP) is 3.60. The summed E-state index contributed by atoms with van der Waals surface area (Å²) in [6, 6.07) is 3.91. The Balaban J connectivity index is 2.85. The van der Waals surface area contributed by atoms with Gasteiger partial charge in [0.15, 0.2) is 0 Å². The van der Waals surface area contributed by atoms with Crippen molar-refractivity contribution in [3.05, 3.63) is 35.6 Å². The second-order valence-corrected chi connectivity index (χ2v) is 4.16. The average Bonchev–Trinajstić information content (AvgIpc) is 2.32. The van der Waals surface area contributed by atoms with Gasteiger partial charge in [0.1, 0.15) is 5.82 Å². The van der Waals surface area contributed by atoms with Gasteiger partial charge in [-0.15, -0.1) is 0 Å². The summed E-state index contributed by atoms with van der Waals surface area (Å²) in [6.45, 7) is -0.985. The van der Waals surface area contributed by atoms with Crippen LogP contribution in [-0.4, -0.2) is 32.1 Å². The van der Waals surface area contributed by atoms with Crippen LogP contribution in [0.1, 0.15) is 11.6 Å². The molecule has 0 aromatic heterocycles. The van der Waals surface area contributed by atoms with E-state index >= 15 is 0 Å². The van der Waals surface area contributed by atoms with Gasteiger partial charge in [0.2, 0.25) is 6.10 Å². The Morgan fingerprint density at radius 3 is 2.00 bits per heavy atom. The number of ether oxygens (including phenoxy) is 1. The zero-order chi connectivity index (χ0) is 16.3. The third kappa shape index (κ3) is 4.85. The van der Waals surface area contributed by atoms with E-state index in [2.05, 4.69) is 10.1 Å². The Morgan fingerprint density at radius 1 is 1.05 bits per heavy atom. The first-order valence-corrected chi connectivity index (χ1v) is 5.74. The summed E-state index contributed by atoms with van der Waals surface area (Å²) in [5.74, 6) is -0.754. The van der Waals surface area contributed by atoms with E-state index in [0.717, 1.165) is 6.07 Å². The Morgan fingerprint density at radius 2 is 1.57 bits per heavy atom. The summed E-state index contributed by atoms with van der Waals surface area (Å²) in [5, 5.41) is 2.42. The number of alkyl halides is 6. The van der Waals surface area contributed by atoms with Crippen LogP contribution in [0.2, 0.25) is 0 Å². The molecular weight excluding hydrogens is 307 g/mol. The topological polar surface area (TPSA) is 21.3 Å². The first-order chi connectivity index (χ1) is 9.57. The zero-order valence-electron chi connectivity index (χ0n) is 10.7. The minimum atomic E-state index is -5.59. The second-order valence-electron chi connectivity index (χ2n) is 4.16. The van der Waals surface area contributed by atoms with Crippen molar-refractivity contribution in [2.45, 2.75) is 24.5 Å². The van der Waals surface area contributed by atoms with Gasteiger partial charge in [-0.2, -0.15) is 26.3 Å². The van der Waals surface area contributed by atoms with E-state index in [1.54, 1.807) is 0 Å². The van der Waals surface area contributed by atoms with E-state index in [1.165, 1.54) is 25.2 Å². The molecule has 21 heavy (non-hydrogen) atoms.